The van der Waals surface area contributed by atoms with Gasteiger partial charge in [-0.25, -0.2) is 8.78 Å². The highest BCUT2D eigenvalue weighted by molar-refractivity contribution is 5.21. The number of ether oxygens (including phenoxy) is 2. The number of alkyl halides is 2. The predicted molar refractivity (Wildman–Crippen MR) is 62.3 cm³/mol. The van der Waals surface area contributed by atoms with E-state index in [2.05, 4.69) is 11.7 Å². The third-order valence-corrected chi connectivity index (χ3v) is 2.37. The number of benzene rings is 1. The number of methoxy groups -OCH3 is 1. The maximum absolute atomic E-state index is 13.0. The van der Waals surface area contributed by atoms with Crippen molar-refractivity contribution in [1.29, 1.82) is 0 Å². The average Bonchev–Trinajstić information content (AvgIpc) is 2.29. The van der Waals surface area contributed by atoms with Crippen LogP contribution in [-0.4, -0.2) is 26.2 Å². The molecule has 0 aromatic heterocycles. The summed E-state index contributed by atoms with van der Waals surface area (Å²) in [5, 5.41) is 0. The van der Waals surface area contributed by atoms with Crippen molar-refractivity contribution in [2.75, 3.05) is 20.3 Å². The topological polar surface area (TPSA) is 18.5 Å². The van der Waals surface area contributed by atoms with Crippen molar-refractivity contribution in [2.24, 2.45) is 0 Å². The summed E-state index contributed by atoms with van der Waals surface area (Å²) in [7, 11) is 1.25. The van der Waals surface area contributed by atoms with Gasteiger partial charge < -0.3 is 9.47 Å². The van der Waals surface area contributed by atoms with Gasteiger partial charge in [-0.1, -0.05) is 31.2 Å². The first kappa shape index (κ1) is 14.1. The van der Waals surface area contributed by atoms with E-state index in [0.29, 0.717) is 0 Å². The van der Waals surface area contributed by atoms with Crippen molar-refractivity contribution >= 4 is 0 Å². The molecular weight excluding hydrogens is 226 g/mol. The quantitative estimate of drug-likeness (QED) is 0.734. The fourth-order valence-electron chi connectivity index (χ4n) is 1.44. The Morgan fingerprint density at radius 2 is 1.65 bits per heavy atom. The third-order valence-electron chi connectivity index (χ3n) is 2.37. The second-order valence-electron chi connectivity index (χ2n) is 3.95. The van der Waals surface area contributed by atoms with Crippen LogP contribution < -0.4 is 0 Å². The van der Waals surface area contributed by atoms with Crippen LogP contribution in [0.25, 0.3) is 0 Å². The van der Waals surface area contributed by atoms with Crippen molar-refractivity contribution in [1.82, 2.24) is 0 Å². The van der Waals surface area contributed by atoms with Gasteiger partial charge in [0.1, 0.15) is 13.2 Å². The van der Waals surface area contributed by atoms with Crippen LogP contribution in [0.15, 0.2) is 24.3 Å². The summed E-state index contributed by atoms with van der Waals surface area (Å²) >= 11 is 0. The predicted octanol–water partition coefficient (Wildman–Crippen LogP) is 3.05. The Morgan fingerprint density at radius 1 is 1.06 bits per heavy atom. The van der Waals surface area contributed by atoms with E-state index < -0.39 is 19.1 Å². The lowest BCUT2D eigenvalue weighted by atomic mass is 10.1. The number of rotatable bonds is 7. The van der Waals surface area contributed by atoms with Crippen molar-refractivity contribution < 1.29 is 18.3 Å². The summed E-state index contributed by atoms with van der Waals surface area (Å²) in [5.41, 5.74) is 2.12. The Kier molecular flexibility index (Phi) is 5.51. The molecule has 0 aliphatic carbocycles. The van der Waals surface area contributed by atoms with Gasteiger partial charge >= 0.3 is 0 Å². The second kappa shape index (κ2) is 6.67. The van der Waals surface area contributed by atoms with Gasteiger partial charge in [0.15, 0.2) is 0 Å². The maximum atomic E-state index is 13.0. The van der Waals surface area contributed by atoms with Gasteiger partial charge in [-0.05, 0) is 17.5 Å². The summed E-state index contributed by atoms with van der Waals surface area (Å²) < 4.78 is 35.4. The van der Waals surface area contributed by atoms with Crippen LogP contribution in [0.4, 0.5) is 8.78 Å². The van der Waals surface area contributed by atoms with Crippen molar-refractivity contribution in [3.05, 3.63) is 35.4 Å². The van der Waals surface area contributed by atoms with Gasteiger partial charge in [0, 0.05) is 7.11 Å². The molecule has 0 aliphatic rings. The standard InChI is InChI=1S/C13H18F2O2/c1-3-11-4-6-12(7-5-11)8-17-10-13(14,15)9-16-2/h4-7H,3,8-10H2,1-2H3. The summed E-state index contributed by atoms with van der Waals surface area (Å²) in [6.07, 6.45) is 0.965. The summed E-state index contributed by atoms with van der Waals surface area (Å²) in [4.78, 5) is 0. The molecule has 1 rings (SSSR count). The highest BCUT2D eigenvalue weighted by Gasteiger charge is 2.28. The minimum atomic E-state index is -2.92. The molecule has 17 heavy (non-hydrogen) atoms. The third kappa shape index (κ3) is 5.24. The van der Waals surface area contributed by atoms with Crippen LogP contribution in [0.1, 0.15) is 18.1 Å². The van der Waals surface area contributed by atoms with Crippen LogP contribution in [0, 0.1) is 0 Å². The molecule has 0 unspecified atom stereocenters. The van der Waals surface area contributed by atoms with E-state index in [1.807, 2.05) is 24.3 Å². The van der Waals surface area contributed by atoms with Gasteiger partial charge in [0.25, 0.3) is 5.92 Å². The van der Waals surface area contributed by atoms with E-state index in [4.69, 9.17) is 4.74 Å². The molecule has 4 heteroatoms. The Labute approximate surface area is 101 Å². The molecule has 0 fully saturated rings. The molecule has 0 heterocycles. The molecule has 0 atom stereocenters. The van der Waals surface area contributed by atoms with Gasteiger partial charge in [-0.15, -0.1) is 0 Å². The fourth-order valence-corrected chi connectivity index (χ4v) is 1.44. The molecule has 96 valence electrons. The second-order valence-corrected chi connectivity index (χ2v) is 3.95. The van der Waals surface area contributed by atoms with Crippen LogP contribution in [0.3, 0.4) is 0 Å². The lowest BCUT2D eigenvalue weighted by molar-refractivity contribution is -0.119. The Bertz CT molecular complexity index is 323. The monoisotopic (exact) mass is 244 g/mol. The lowest BCUT2D eigenvalue weighted by Crippen LogP contribution is -2.29. The number of hydrogen-bond donors (Lipinski definition) is 0. The van der Waals surface area contributed by atoms with Gasteiger partial charge in [-0.3, -0.25) is 0 Å². The molecule has 0 amide bonds. The minimum Gasteiger partial charge on any atom is -0.378 e. The summed E-state index contributed by atoms with van der Waals surface area (Å²) in [5.74, 6) is -2.92. The van der Waals surface area contributed by atoms with Gasteiger partial charge in [0.2, 0.25) is 0 Å². The molecule has 1 aromatic carbocycles. The molecule has 1 aromatic rings. The minimum absolute atomic E-state index is 0.198. The van der Waals surface area contributed by atoms with Gasteiger partial charge in [0.05, 0.1) is 6.61 Å². The van der Waals surface area contributed by atoms with E-state index in [1.54, 1.807) is 0 Å². The molecule has 0 N–H and O–H groups in total. The highest BCUT2D eigenvalue weighted by atomic mass is 19.3. The van der Waals surface area contributed by atoms with Crippen molar-refractivity contribution in [2.45, 2.75) is 25.9 Å². The molecule has 0 radical (unpaired) electrons. The zero-order valence-corrected chi connectivity index (χ0v) is 10.2. The SMILES string of the molecule is CCc1ccc(COCC(F)(F)COC)cc1. The van der Waals surface area contributed by atoms with Crippen molar-refractivity contribution in [3.63, 3.8) is 0 Å². The van der Waals surface area contributed by atoms with Crippen LogP contribution in [0.5, 0.6) is 0 Å². The zero-order valence-electron chi connectivity index (χ0n) is 10.2. The number of hydrogen-bond acceptors (Lipinski definition) is 2. The molecule has 0 saturated carbocycles. The van der Waals surface area contributed by atoms with Crippen LogP contribution >= 0.6 is 0 Å². The highest BCUT2D eigenvalue weighted by Crippen LogP contribution is 2.15. The van der Waals surface area contributed by atoms with E-state index in [0.717, 1.165) is 12.0 Å². The van der Waals surface area contributed by atoms with Crippen LogP contribution in [0.2, 0.25) is 0 Å². The lowest BCUT2D eigenvalue weighted by Gasteiger charge is -2.15. The van der Waals surface area contributed by atoms with Crippen molar-refractivity contribution in [3.8, 4) is 0 Å². The maximum Gasteiger partial charge on any atom is 0.293 e. The molecule has 0 saturated heterocycles. The van der Waals surface area contributed by atoms with Gasteiger partial charge in [-0.2, -0.15) is 0 Å². The first-order valence-corrected chi connectivity index (χ1v) is 5.59. The Balaban J connectivity index is 2.35. The number of aryl methyl sites for hydroxylation is 1. The van der Waals surface area contributed by atoms with E-state index in [9.17, 15) is 8.78 Å². The number of halogens is 2. The molecule has 2 nitrogen and oxygen atoms in total. The molecule has 0 aliphatic heterocycles. The van der Waals surface area contributed by atoms with E-state index >= 15 is 0 Å². The Hall–Kier alpha value is -1.00. The largest absolute Gasteiger partial charge is 0.378 e. The van der Waals surface area contributed by atoms with Crippen LogP contribution in [-0.2, 0) is 22.5 Å². The van der Waals surface area contributed by atoms with E-state index in [1.165, 1.54) is 12.7 Å². The molecule has 0 bridgehead atoms. The normalized spacial score (nSPS) is 11.8. The Morgan fingerprint density at radius 3 is 2.18 bits per heavy atom. The smallest absolute Gasteiger partial charge is 0.293 e. The first-order valence-electron chi connectivity index (χ1n) is 5.59. The first-order chi connectivity index (χ1) is 8.07. The summed E-state index contributed by atoms with van der Waals surface area (Å²) in [6.45, 7) is 1.04. The van der Waals surface area contributed by atoms with E-state index in [-0.39, 0.29) is 6.61 Å². The molecular formula is C13H18F2O2. The fraction of sp³-hybridized carbons (Fsp3) is 0.538. The summed E-state index contributed by atoms with van der Waals surface area (Å²) in [6, 6.07) is 7.75. The average molecular weight is 244 g/mol. The molecule has 0 spiro atoms. The zero-order chi connectivity index (χ0) is 12.7.